The van der Waals surface area contributed by atoms with Crippen LogP contribution in [-0.2, 0) is 9.53 Å². The first-order chi connectivity index (χ1) is 13.5. The Morgan fingerprint density at radius 1 is 1.27 bits per heavy atom. The van der Waals surface area contributed by atoms with Crippen molar-refractivity contribution < 1.29 is 19.1 Å². The number of nitrogens with zero attached hydrogens (tertiary/aromatic N) is 1. The van der Waals surface area contributed by atoms with Gasteiger partial charge in [0.05, 0.1) is 18.9 Å². The van der Waals surface area contributed by atoms with E-state index >= 15 is 0 Å². The molecule has 0 saturated carbocycles. The summed E-state index contributed by atoms with van der Waals surface area (Å²) in [4.78, 5) is 28.2. The van der Waals surface area contributed by atoms with Gasteiger partial charge in [-0.2, -0.15) is 0 Å². The molecule has 2 aromatic rings. The van der Waals surface area contributed by atoms with E-state index in [0.717, 1.165) is 12.1 Å². The Morgan fingerprint density at radius 3 is 2.77 bits per heavy atom. The largest absolute Gasteiger partial charge is 0.455 e. The van der Waals surface area contributed by atoms with Crippen molar-refractivity contribution in [3.8, 4) is 11.5 Å². The zero-order chi connectivity index (χ0) is 19.9. The number of carbonyl (C=O) groups is 2. The highest BCUT2D eigenvalue weighted by molar-refractivity contribution is 5.93. The molecule has 2 heterocycles. The molecule has 1 unspecified atom stereocenters. The number of anilines is 1. The Kier molecular flexibility index (Phi) is 10.5. The van der Waals surface area contributed by atoms with E-state index in [0.29, 0.717) is 36.8 Å². The summed E-state index contributed by atoms with van der Waals surface area (Å²) in [7, 11) is 1.54. The van der Waals surface area contributed by atoms with Crippen LogP contribution < -0.4 is 20.7 Å². The maximum atomic E-state index is 12.4. The van der Waals surface area contributed by atoms with Crippen LogP contribution in [0.15, 0.2) is 36.5 Å². The highest BCUT2D eigenvalue weighted by Gasteiger charge is 2.18. The minimum Gasteiger partial charge on any atom is -0.455 e. The number of ether oxygens (including phenoxy) is 2. The first kappa shape index (κ1) is 25.6. The quantitative estimate of drug-likeness (QED) is 0.617. The van der Waals surface area contributed by atoms with Crippen molar-refractivity contribution >= 4 is 42.3 Å². The minimum atomic E-state index is -0.301. The normalized spacial score (nSPS) is 15.2. The zero-order valence-electron chi connectivity index (χ0n) is 16.8. The Bertz CT molecular complexity index is 860. The van der Waals surface area contributed by atoms with E-state index in [-0.39, 0.29) is 48.4 Å². The number of carbonyl (C=O) groups excluding carboxylic acids is 2. The molecule has 1 fully saturated rings. The summed E-state index contributed by atoms with van der Waals surface area (Å²) in [5.41, 5.74) is 1.79. The molecule has 3 rings (SSSR count). The SMILES string of the molecule is CNC(=O)c1cc(Oc2cc(C)ccc2NC(=O)CC2COCCN2)ccn1.Cl.Cl. The monoisotopic (exact) mass is 456 g/mol. The Morgan fingerprint density at radius 2 is 2.07 bits per heavy atom. The van der Waals surface area contributed by atoms with Crippen LogP contribution in [0.1, 0.15) is 22.5 Å². The molecule has 0 bridgehead atoms. The molecular formula is C20H26Cl2N4O4. The summed E-state index contributed by atoms with van der Waals surface area (Å²) in [5.74, 6) is 0.523. The van der Waals surface area contributed by atoms with E-state index in [4.69, 9.17) is 9.47 Å². The van der Waals surface area contributed by atoms with Gasteiger partial charge in [-0.05, 0) is 30.7 Å². The molecule has 0 aliphatic carbocycles. The van der Waals surface area contributed by atoms with Gasteiger partial charge in [0.25, 0.3) is 5.91 Å². The first-order valence-corrected chi connectivity index (χ1v) is 9.13. The van der Waals surface area contributed by atoms with Crippen LogP contribution in [0.2, 0.25) is 0 Å². The van der Waals surface area contributed by atoms with Gasteiger partial charge in [-0.25, -0.2) is 0 Å². The second-order valence-corrected chi connectivity index (χ2v) is 6.54. The van der Waals surface area contributed by atoms with Gasteiger partial charge in [0.1, 0.15) is 11.4 Å². The topological polar surface area (TPSA) is 102 Å². The molecule has 30 heavy (non-hydrogen) atoms. The van der Waals surface area contributed by atoms with Gasteiger partial charge in [-0.1, -0.05) is 6.07 Å². The fourth-order valence-electron chi connectivity index (χ4n) is 2.85. The number of amides is 2. The molecule has 1 aliphatic heterocycles. The van der Waals surface area contributed by atoms with Gasteiger partial charge < -0.3 is 25.4 Å². The van der Waals surface area contributed by atoms with Crippen LogP contribution in [0.5, 0.6) is 11.5 Å². The van der Waals surface area contributed by atoms with Crippen molar-refractivity contribution in [3.05, 3.63) is 47.8 Å². The number of benzene rings is 1. The van der Waals surface area contributed by atoms with Crippen LogP contribution in [0, 0.1) is 6.92 Å². The number of morpholine rings is 1. The number of halogens is 2. The molecule has 0 spiro atoms. The molecule has 1 aromatic carbocycles. The number of aryl methyl sites for hydroxylation is 1. The van der Waals surface area contributed by atoms with Crippen LogP contribution in [0.4, 0.5) is 5.69 Å². The van der Waals surface area contributed by atoms with Crippen LogP contribution in [0.3, 0.4) is 0 Å². The van der Waals surface area contributed by atoms with Crippen LogP contribution in [-0.4, -0.2) is 49.6 Å². The van der Waals surface area contributed by atoms with Crippen molar-refractivity contribution in [3.63, 3.8) is 0 Å². The average Bonchev–Trinajstić information content (AvgIpc) is 2.70. The van der Waals surface area contributed by atoms with E-state index < -0.39 is 0 Å². The van der Waals surface area contributed by atoms with Gasteiger partial charge >= 0.3 is 0 Å². The molecule has 10 heteroatoms. The Hall–Kier alpha value is -2.39. The van der Waals surface area contributed by atoms with Crippen LogP contribution >= 0.6 is 24.8 Å². The second-order valence-electron chi connectivity index (χ2n) is 6.54. The van der Waals surface area contributed by atoms with E-state index in [2.05, 4.69) is 20.9 Å². The minimum absolute atomic E-state index is 0. The number of nitrogens with one attached hydrogen (secondary N) is 3. The first-order valence-electron chi connectivity index (χ1n) is 9.13. The predicted octanol–water partition coefficient (Wildman–Crippen LogP) is 2.70. The van der Waals surface area contributed by atoms with E-state index in [1.165, 1.54) is 13.2 Å². The Labute approximate surface area is 187 Å². The van der Waals surface area contributed by atoms with Gasteiger partial charge in [0.15, 0.2) is 5.75 Å². The number of pyridine rings is 1. The van der Waals surface area contributed by atoms with Crippen molar-refractivity contribution in [1.82, 2.24) is 15.6 Å². The number of hydrogen-bond acceptors (Lipinski definition) is 6. The third-order valence-electron chi connectivity index (χ3n) is 4.26. The van der Waals surface area contributed by atoms with Crippen molar-refractivity contribution in [2.75, 3.05) is 32.1 Å². The maximum Gasteiger partial charge on any atom is 0.269 e. The molecule has 1 saturated heterocycles. The molecule has 1 aromatic heterocycles. The molecule has 164 valence electrons. The highest BCUT2D eigenvalue weighted by Crippen LogP contribution is 2.31. The lowest BCUT2D eigenvalue weighted by Crippen LogP contribution is -2.43. The zero-order valence-corrected chi connectivity index (χ0v) is 18.4. The number of aromatic nitrogens is 1. The van der Waals surface area contributed by atoms with Crippen molar-refractivity contribution in [2.45, 2.75) is 19.4 Å². The molecule has 1 aliphatic rings. The van der Waals surface area contributed by atoms with E-state index in [9.17, 15) is 9.59 Å². The number of hydrogen-bond donors (Lipinski definition) is 3. The summed E-state index contributed by atoms with van der Waals surface area (Å²) in [6.07, 6.45) is 1.81. The predicted molar refractivity (Wildman–Crippen MR) is 119 cm³/mol. The van der Waals surface area contributed by atoms with Crippen molar-refractivity contribution in [2.24, 2.45) is 0 Å². The molecule has 0 radical (unpaired) electrons. The smallest absolute Gasteiger partial charge is 0.269 e. The van der Waals surface area contributed by atoms with Gasteiger partial charge in [0, 0.05) is 38.3 Å². The van der Waals surface area contributed by atoms with E-state index in [1.54, 1.807) is 18.2 Å². The lowest BCUT2D eigenvalue weighted by atomic mass is 10.1. The summed E-state index contributed by atoms with van der Waals surface area (Å²) < 4.78 is 11.3. The van der Waals surface area contributed by atoms with Gasteiger partial charge in [0.2, 0.25) is 5.91 Å². The van der Waals surface area contributed by atoms with Crippen molar-refractivity contribution in [1.29, 1.82) is 0 Å². The van der Waals surface area contributed by atoms with Gasteiger partial charge in [-0.15, -0.1) is 24.8 Å². The average molecular weight is 457 g/mol. The maximum absolute atomic E-state index is 12.4. The summed E-state index contributed by atoms with van der Waals surface area (Å²) in [6, 6.07) is 8.73. The lowest BCUT2D eigenvalue weighted by Gasteiger charge is -2.23. The molecule has 3 N–H and O–H groups in total. The Balaban J connectivity index is 0.00000225. The standard InChI is InChI=1S/C20H24N4O4.2ClH/c1-13-3-4-16(24-19(25)10-14-12-27-8-7-22-14)18(9-13)28-15-5-6-23-17(11-15)20(26)21-2;;/h3-6,9,11,14,22H,7-8,10,12H2,1-2H3,(H,21,26)(H,24,25);2*1H. The number of rotatable bonds is 6. The third kappa shape index (κ3) is 7.14. The van der Waals surface area contributed by atoms with Gasteiger partial charge in [-0.3, -0.25) is 14.6 Å². The van der Waals surface area contributed by atoms with E-state index in [1.807, 2.05) is 19.1 Å². The molecular weight excluding hydrogens is 431 g/mol. The molecule has 8 nitrogen and oxygen atoms in total. The summed E-state index contributed by atoms with van der Waals surface area (Å²) >= 11 is 0. The summed E-state index contributed by atoms with van der Waals surface area (Å²) in [6.45, 7) is 3.86. The van der Waals surface area contributed by atoms with Crippen LogP contribution in [0.25, 0.3) is 0 Å². The lowest BCUT2D eigenvalue weighted by molar-refractivity contribution is -0.117. The molecule has 1 atom stereocenters. The second kappa shape index (κ2) is 12.3. The fraction of sp³-hybridized carbons (Fsp3) is 0.350. The third-order valence-corrected chi connectivity index (χ3v) is 4.26. The highest BCUT2D eigenvalue weighted by atomic mass is 35.5. The molecule has 2 amide bonds. The summed E-state index contributed by atoms with van der Waals surface area (Å²) in [5, 5.41) is 8.69. The fourth-order valence-corrected chi connectivity index (χ4v) is 2.85.